The molecule has 2 N–H and O–H groups in total. The highest BCUT2D eigenvalue weighted by Gasteiger charge is 2.23. The Morgan fingerprint density at radius 2 is 2.31 bits per heavy atom. The van der Waals surface area contributed by atoms with Crippen molar-refractivity contribution in [2.75, 3.05) is 7.05 Å². The molecule has 156 valence electrons. The van der Waals surface area contributed by atoms with Gasteiger partial charge in [0.05, 0.1) is 22.8 Å². The van der Waals surface area contributed by atoms with Crippen molar-refractivity contribution < 1.29 is 4.42 Å². The number of hydrogen-bond donors (Lipinski definition) is 2. The van der Waals surface area contributed by atoms with Crippen molar-refractivity contribution in [3.63, 3.8) is 0 Å². The van der Waals surface area contributed by atoms with Gasteiger partial charge in [-0.25, -0.2) is 4.98 Å². The first kappa shape index (κ1) is 21.8. The van der Waals surface area contributed by atoms with Gasteiger partial charge in [-0.05, 0) is 43.7 Å². The molecule has 4 rings (SSSR count). The summed E-state index contributed by atoms with van der Waals surface area (Å²) in [5, 5.41) is 13.6. The molecule has 0 saturated heterocycles. The number of aryl methyl sites for hydroxylation is 1. The van der Waals surface area contributed by atoms with E-state index in [9.17, 15) is 0 Å². The van der Waals surface area contributed by atoms with Crippen molar-refractivity contribution in [2.24, 2.45) is 4.99 Å². The molecule has 29 heavy (non-hydrogen) atoms. The van der Waals surface area contributed by atoms with E-state index in [1.165, 1.54) is 11.3 Å². The van der Waals surface area contributed by atoms with E-state index in [0.717, 1.165) is 35.8 Å². The van der Waals surface area contributed by atoms with Gasteiger partial charge in [-0.1, -0.05) is 6.07 Å². The lowest BCUT2D eigenvalue weighted by molar-refractivity contribution is 0.499. The van der Waals surface area contributed by atoms with Crippen molar-refractivity contribution in [1.82, 2.24) is 25.4 Å². The van der Waals surface area contributed by atoms with E-state index in [1.807, 2.05) is 17.5 Å². The number of aliphatic imine (C=N–C) groups is 1. The van der Waals surface area contributed by atoms with Gasteiger partial charge in [0.2, 0.25) is 5.89 Å². The summed E-state index contributed by atoms with van der Waals surface area (Å²) in [6, 6.07) is 4.72. The molecule has 0 amide bonds. The lowest BCUT2D eigenvalue weighted by Gasteiger charge is -2.24. The number of nitrogens with zero attached hydrogens (tertiary/aromatic N) is 4. The molecule has 1 atom stereocenters. The van der Waals surface area contributed by atoms with E-state index >= 15 is 0 Å². The molecule has 3 heterocycles. The first-order chi connectivity index (χ1) is 13.6. The van der Waals surface area contributed by atoms with Crippen LogP contribution in [0, 0.1) is 0 Å². The van der Waals surface area contributed by atoms with E-state index < -0.39 is 0 Å². The smallest absolute Gasteiger partial charge is 0.236 e. The molecule has 7 nitrogen and oxygen atoms in total. The predicted molar refractivity (Wildman–Crippen MR) is 127 cm³/mol. The number of rotatable bonds is 5. The minimum absolute atomic E-state index is 0. The second-order valence-electron chi connectivity index (χ2n) is 7.31. The lowest BCUT2D eigenvalue weighted by atomic mass is 9.94. The van der Waals surface area contributed by atoms with Crippen LogP contribution >= 0.6 is 35.3 Å². The molecule has 1 aliphatic carbocycles. The Balaban J connectivity index is 0.00000240. The summed E-state index contributed by atoms with van der Waals surface area (Å²) in [6.45, 7) is 4.88. The normalized spacial score (nSPS) is 16.4. The van der Waals surface area contributed by atoms with Gasteiger partial charge in [-0.3, -0.25) is 9.67 Å². The van der Waals surface area contributed by atoms with Gasteiger partial charge in [-0.2, -0.15) is 5.10 Å². The van der Waals surface area contributed by atoms with Crippen molar-refractivity contribution in [2.45, 2.75) is 51.7 Å². The molecule has 1 aliphatic rings. The number of thiophene rings is 1. The van der Waals surface area contributed by atoms with Crippen molar-refractivity contribution in [3.05, 3.63) is 46.9 Å². The molecule has 0 radical (unpaired) electrons. The fourth-order valence-corrected chi connectivity index (χ4v) is 4.02. The van der Waals surface area contributed by atoms with Crippen molar-refractivity contribution in [3.8, 4) is 10.8 Å². The summed E-state index contributed by atoms with van der Waals surface area (Å²) in [5.41, 5.74) is 3.43. The first-order valence-corrected chi connectivity index (χ1v) is 10.5. The van der Waals surface area contributed by atoms with Gasteiger partial charge in [0.25, 0.3) is 0 Å². The number of fused-ring (bicyclic) bond motifs is 1. The zero-order valence-electron chi connectivity index (χ0n) is 16.9. The Hall–Kier alpha value is -1.88. The molecule has 0 saturated carbocycles. The molecule has 0 fully saturated rings. The van der Waals surface area contributed by atoms with Crippen LogP contribution in [0.2, 0.25) is 0 Å². The van der Waals surface area contributed by atoms with Gasteiger partial charge >= 0.3 is 0 Å². The fourth-order valence-electron chi connectivity index (χ4n) is 3.36. The van der Waals surface area contributed by atoms with E-state index in [0.29, 0.717) is 24.5 Å². The molecule has 9 heteroatoms. The Labute approximate surface area is 192 Å². The SMILES string of the molecule is CN=C(NCc1coc(-c2cccs2)n1)NC1CCc2cn(C(C)C)nc2C1.I. The van der Waals surface area contributed by atoms with Gasteiger partial charge in [0.1, 0.15) is 6.26 Å². The predicted octanol–water partition coefficient (Wildman–Crippen LogP) is 4.02. The summed E-state index contributed by atoms with van der Waals surface area (Å²) >= 11 is 1.62. The largest absolute Gasteiger partial charge is 0.443 e. The maximum absolute atomic E-state index is 5.57. The van der Waals surface area contributed by atoms with Crippen LogP contribution in [0.4, 0.5) is 0 Å². The summed E-state index contributed by atoms with van der Waals surface area (Å²) in [6.07, 6.45) is 6.93. The molecule has 0 spiro atoms. The van der Waals surface area contributed by atoms with E-state index in [-0.39, 0.29) is 24.0 Å². The summed E-state index contributed by atoms with van der Waals surface area (Å²) in [7, 11) is 1.79. The van der Waals surface area contributed by atoms with Crippen LogP contribution in [0.25, 0.3) is 10.8 Å². The van der Waals surface area contributed by atoms with Crippen LogP contribution in [0.5, 0.6) is 0 Å². The summed E-state index contributed by atoms with van der Waals surface area (Å²) < 4.78 is 7.64. The van der Waals surface area contributed by atoms with Gasteiger partial charge < -0.3 is 15.1 Å². The first-order valence-electron chi connectivity index (χ1n) is 9.64. The highest BCUT2D eigenvalue weighted by Crippen LogP contribution is 2.24. The highest BCUT2D eigenvalue weighted by atomic mass is 127. The maximum atomic E-state index is 5.57. The lowest BCUT2D eigenvalue weighted by Crippen LogP contribution is -2.45. The topological polar surface area (TPSA) is 80.3 Å². The minimum Gasteiger partial charge on any atom is -0.443 e. The number of guanidine groups is 1. The van der Waals surface area contributed by atoms with Crippen LogP contribution in [0.1, 0.15) is 43.3 Å². The van der Waals surface area contributed by atoms with Gasteiger partial charge in [0, 0.05) is 31.7 Å². The Morgan fingerprint density at radius 1 is 1.45 bits per heavy atom. The number of nitrogens with one attached hydrogen (secondary N) is 2. The molecule has 0 aromatic carbocycles. The van der Waals surface area contributed by atoms with Crippen LogP contribution in [0.3, 0.4) is 0 Å². The molecule has 3 aromatic rings. The van der Waals surface area contributed by atoms with E-state index in [1.54, 1.807) is 24.6 Å². The monoisotopic (exact) mass is 526 g/mol. The Kier molecular flexibility index (Phi) is 7.33. The average Bonchev–Trinajstić information content (AvgIpc) is 3.44. The Bertz CT molecular complexity index is 946. The highest BCUT2D eigenvalue weighted by molar-refractivity contribution is 14.0. The maximum Gasteiger partial charge on any atom is 0.236 e. The molecule has 3 aromatic heterocycles. The van der Waals surface area contributed by atoms with Crippen LogP contribution in [-0.2, 0) is 19.4 Å². The number of halogens is 1. The van der Waals surface area contributed by atoms with Crippen LogP contribution in [0.15, 0.2) is 39.4 Å². The minimum atomic E-state index is 0. The second kappa shape index (κ2) is 9.75. The van der Waals surface area contributed by atoms with Crippen molar-refractivity contribution >= 4 is 41.3 Å². The molecular weight excluding hydrogens is 499 g/mol. The van der Waals surface area contributed by atoms with Crippen molar-refractivity contribution in [1.29, 1.82) is 0 Å². The third kappa shape index (κ3) is 5.19. The van der Waals surface area contributed by atoms with E-state index in [4.69, 9.17) is 9.52 Å². The molecule has 0 bridgehead atoms. The van der Waals surface area contributed by atoms with E-state index in [2.05, 4.69) is 45.3 Å². The molecule has 0 aliphatic heterocycles. The van der Waals surface area contributed by atoms with Crippen LogP contribution < -0.4 is 10.6 Å². The number of hydrogen-bond acceptors (Lipinski definition) is 5. The summed E-state index contributed by atoms with van der Waals surface area (Å²) in [4.78, 5) is 9.93. The molecule has 1 unspecified atom stereocenters. The zero-order valence-corrected chi connectivity index (χ0v) is 20.0. The second-order valence-corrected chi connectivity index (χ2v) is 8.25. The fraction of sp³-hybridized carbons (Fsp3) is 0.450. The third-order valence-electron chi connectivity index (χ3n) is 4.91. The quantitative estimate of drug-likeness (QED) is 0.298. The van der Waals surface area contributed by atoms with Crippen LogP contribution in [-0.4, -0.2) is 33.8 Å². The van der Waals surface area contributed by atoms with Gasteiger partial charge in [-0.15, -0.1) is 35.3 Å². The zero-order chi connectivity index (χ0) is 19.5. The standard InChI is InChI=1S/C20H26N6OS.HI/c1-13(2)26-11-14-6-7-15(9-17(14)25-26)24-20(21-3)22-10-16-12-27-19(23-16)18-5-4-8-28-18;/h4-5,8,11-13,15H,6-7,9-10H2,1-3H3,(H2,21,22,24);1H. The number of aromatic nitrogens is 3. The average molecular weight is 526 g/mol. The molecular formula is C20H27IN6OS. The van der Waals surface area contributed by atoms with Gasteiger partial charge in [0.15, 0.2) is 5.96 Å². The Morgan fingerprint density at radius 3 is 3.03 bits per heavy atom. The third-order valence-corrected chi connectivity index (χ3v) is 5.77. The summed E-state index contributed by atoms with van der Waals surface area (Å²) in [5.74, 6) is 1.44. The number of oxazole rings is 1.